The van der Waals surface area contributed by atoms with Crippen LogP contribution < -0.4 is 16.4 Å². The molecule has 5 nitrogen and oxygen atoms in total. The molecule has 0 radical (unpaired) electrons. The lowest BCUT2D eigenvalue weighted by Crippen LogP contribution is -2.46. The monoisotopic (exact) mass is 213 g/mol. The maximum Gasteiger partial charge on any atom is 0.242 e. The van der Waals surface area contributed by atoms with Gasteiger partial charge in [0.05, 0.1) is 0 Å². The Morgan fingerprint density at radius 3 is 2.47 bits per heavy atom. The first-order valence-electron chi connectivity index (χ1n) is 5.34. The van der Waals surface area contributed by atoms with Gasteiger partial charge >= 0.3 is 0 Å². The molecule has 2 amide bonds. The van der Waals surface area contributed by atoms with E-state index < -0.39 is 6.04 Å². The normalized spacial score (nSPS) is 19.1. The van der Waals surface area contributed by atoms with Crippen LogP contribution in [0.5, 0.6) is 0 Å². The smallest absolute Gasteiger partial charge is 0.242 e. The first-order valence-corrected chi connectivity index (χ1v) is 5.34. The summed E-state index contributed by atoms with van der Waals surface area (Å²) in [4.78, 5) is 22.8. The average Bonchev–Trinajstić information content (AvgIpc) is 2.86. The summed E-state index contributed by atoms with van der Waals surface area (Å²) in [6.45, 7) is 3.44. The molecule has 1 aliphatic carbocycles. The lowest BCUT2D eigenvalue weighted by atomic mass is 10.2. The van der Waals surface area contributed by atoms with E-state index in [-0.39, 0.29) is 24.3 Å². The van der Waals surface area contributed by atoms with Crippen molar-refractivity contribution in [2.45, 2.75) is 51.2 Å². The van der Waals surface area contributed by atoms with E-state index in [0.29, 0.717) is 6.04 Å². The average molecular weight is 213 g/mol. The Hall–Kier alpha value is -1.10. The van der Waals surface area contributed by atoms with Gasteiger partial charge < -0.3 is 16.4 Å². The number of hydrogen-bond acceptors (Lipinski definition) is 3. The van der Waals surface area contributed by atoms with Crippen LogP contribution in [0.3, 0.4) is 0 Å². The molecule has 0 saturated heterocycles. The second-order valence-electron chi connectivity index (χ2n) is 4.25. The second-order valence-corrected chi connectivity index (χ2v) is 4.25. The Morgan fingerprint density at radius 2 is 2.00 bits per heavy atom. The number of hydrogen-bond donors (Lipinski definition) is 3. The van der Waals surface area contributed by atoms with Crippen LogP contribution in [0.25, 0.3) is 0 Å². The van der Waals surface area contributed by atoms with Gasteiger partial charge in [-0.05, 0) is 26.7 Å². The number of nitrogens with one attached hydrogen (secondary N) is 2. The summed E-state index contributed by atoms with van der Waals surface area (Å²) in [5.41, 5.74) is 5.47. The largest absolute Gasteiger partial charge is 0.352 e. The molecule has 0 heterocycles. The molecular formula is C10H19N3O2. The fourth-order valence-electron chi connectivity index (χ4n) is 1.21. The Balaban J connectivity index is 2.23. The summed E-state index contributed by atoms with van der Waals surface area (Å²) in [5.74, 6) is -0.293. The SMILES string of the molecule is CC(N)CC(=O)NC(C)C(=O)NC1CC1. The molecule has 2 atom stereocenters. The molecule has 0 aromatic heterocycles. The topological polar surface area (TPSA) is 84.2 Å². The van der Waals surface area contributed by atoms with Crippen molar-refractivity contribution < 1.29 is 9.59 Å². The number of carbonyl (C=O) groups excluding carboxylic acids is 2. The molecule has 5 heteroatoms. The fraction of sp³-hybridized carbons (Fsp3) is 0.800. The van der Waals surface area contributed by atoms with Crippen molar-refractivity contribution in [1.29, 1.82) is 0 Å². The zero-order valence-corrected chi connectivity index (χ0v) is 9.25. The molecule has 1 aliphatic rings. The van der Waals surface area contributed by atoms with E-state index in [1.807, 2.05) is 0 Å². The van der Waals surface area contributed by atoms with Crippen molar-refractivity contribution in [3.8, 4) is 0 Å². The number of nitrogens with two attached hydrogens (primary N) is 1. The summed E-state index contributed by atoms with van der Waals surface area (Å²) in [5, 5.41) is 5.44. The highest BCUT2D eigenvalue weighted by Gasteiger charge is 2.26. The van der Waals surface area contributed by atoms with Crippen molar-refractivity contribution in [3.05, 3.63) is 0 Å². The Labute approximate surface area is 89.8 Å². The van der Waals surface area contributed by atoms with E-state index in [2.05, 4.69) is 10.6 Å². The number of carbonyl (C=O) groups is 2. The second kappa shape index (κ2) is 5.11. The van der Waals surface area contributed by atoms with E-state index in [0.717, 1.165) is 12.8 Å². The number of rotatable bonds is 5. The first-order chi connectivity index (χ1) is 6.99. The lowest BCUT2D eigenvalue weighted by Gasteiger charge is -2.14. The maximum absolute atomic E-state index is 11.5. The molecule has 0 aromatic carbocycles. The van der Waals surface area contributed by atoms with Gasteiger partial charge in [0.15, 0.2) is 0 Å². The zero-order valence-electron chi connectivity index (χ0n) is 9.25. The molecule has 1 rings (SSSR count). The minimum atomic E-state index is -0.475. The van der Waals surface area contributed by atoms with Crippen molar-refractivity contribution in [2.24, 2.45) is 5.73 Å². The van der Waals surface area contributed by atoms with E-state index in [4.69, 9.17) is 5.73 Å². The molecule has 0 aromatic rings. The summed E-state index contributed by atoms with van der Waals surface area (Å²) in [6.07, 6.45) is 2.35. The Morgan fingerprint density at radius 1 is 1.40 bits per heavy atom. The van der Waals surface area contributed by atoms with Crippen molar-refractivity contribution >= 4 is 11.8 Å². The van der Waals surface area contributed by atoms with Crippen molar-refractivity contribution in [3.63, 3.8) is 0 Å². The molecule has 1 fully saturated rings. The van der Waals surface area contributed by atoms with E-state index in [9.17, 15) is 9.59 Å². The van der Waals surface area contributed by atoms with Gasteiger partial charge in [0, 0.05) is 18.5 Å². The van der Waals surface area contributed by atoms with Gasteiger partial charge in [-0.2, -0.15) is 0 Å². The summed E-state index contributed by atoms with van der Waals surface area (Å²) < 4.78 is 0. The lowest BCUT2D eigenvalue weighted by molar-refractivity contribution is -0.128. The minimum absolute atomic E-state index is 0.115. The standard InChI is InChI=1S/C10H19N3O2/c1-6(11)5-9(14)12-7(2)10(15)13-8-3-4-8/h6-8H,3-5,11H2,1-2H3,(H,12,14)(H,13,15). The third kappa shape index (κ3) is 4.78. The predicted octanol–water partition coefficient (Wildman–Crippen LogP) is -0.493. The summed E-state index contributed by atoms with van der Waals surface area (Å²) >= 11 is 0. The van der Waals surface area contributed by atoms with E-state index in [1.54, 1.807) is 13.8 Å². The minimum Gasteiger partial charge on any atom is -0.352 e. The van der Waals surface area contributed by atoms with E-state index >= 15 is 0 Å². The predicted molar refractivity (Wildman–Crippen MR) is 57.0 cm³/mol. The molecule has 2 unspecified atom stereocenters. The van der Waals surface area contributed by atoms with Crippen LogP contribution in [0.15, 0.2) is 0 Å². The molecule has 0 spiro atoms. The van der Waals surface area contributed by atoms with Gasteiger partial charge in [-0.1, -0.05) is 0 Å². The van der Waals surface area contributed by atoms with Gasteiger partial charge in [-0.25, -0.2) is 0 Å². The highest BCUT2D eigenvalue weighted by Crippen LogP contribution is 2.18. The molecule has 15 heavy (non-hydrogen) atoms. The highest BCUT2D eigenvalue weighted by atomic mass is 16.2. The van der Waals surface area contributed by atoms with Crippen LogP contribution in [0, 0.1) is 0 Å². The third-order valence-corrected chi connectivity index (χ3v) is 2.20. The van der Waals surface area contributed by atoms with Crippen LogP contribution in [0.4, 0.5) is 0 Å². The van der Waals surface area contributed by atoms with Gasteiger partial charge in [0.25, 0.3) is 0 Å². The first kappa shape index (κ1) is 12.0. The van der Waals surface area contributed by atoms with Gasteiger partial charge in [-0.3, -0.25) is 9.59 Å². The van der Waals surface area contributed by atoms with Crippen molar-refractivity contribution in [2.75, 3.05) is 0 Å². The summed E-state index contributed by atoms with van der Waals surface area (Å²) in [7, 11) is 0. The molecule has 1 saturated carbocycles. The van der Waals surface area contributed by atoms with Crippen LogP contribution in [-0.2, 0) is 9.59 Å². The Kier molecular flexibility index (Phi) is 4.08. The molecule has 0 aliphatic heterocycles. The third-order valence-electron chi connectivity index (χ3n) is 2.20. The summed E-state index contributed by atoms with van der Waals surface area (Å²) in [6, 6.07) is -0.328. The molecule has 0 bridgehead atoms. The van der Waals surface area contributed by atoms with Gasteiger partial charge in [0.2, 0.25) is 11.8 Å². The maximum atomic E-state index is 11.5. The van der Waals surface area contributed by atoms with Gasteiger partial charge in [0.1, 0.15) is 6.04 Å². The van der Waals surface area contributed by atoms with Crippen LogP contribution in [-0.4, -0.2) is 29.9 Å². The van der Waals surface area contributed by atoms with Crippen molar-refractivity contribution in [1.82, 2.24) is 10.6 Å². The number of amides is 2. The zero-order chi connectivity index (χ0) is 11.4. The van der Waals surface area contributed by atoms with Crippen LogP contribution in [0.1, 0.15) is 33.1 Å². The molecule has 4 N–H and O–H groups in total. The molecular weight excluding hydrogens is 194 g/mol. The van der Waals surface area contributed by atoms with Crippen LogP contribution >= 0.6 is 0 Å². The quantitative estimate of drug-likeness (QED) is 0.576. The van der Waals surface area contributed by atoms with Crippen LogP contribution in [0.2, 0.25) is 0 Å². The van der Waals surface area contributed by atoms with Gasteiger partial charge in [-0.15, -0.1) is 0 Å². The molecule has 86 valence electrons. The Bertz CT molecular complexity index is 249. The van der Waals surface area contributed by atoms with E-state index in [1.165, 1.54) is 0 Å². The fourth-order valence-corrected chi connectivity index (χ4v) is 1.21. The highest BCUT2D eigenvalue weighted by molar-refractivity contribution is 5.87.